The molecule has 0 radical (unpaired) electrons. The smallest absolute Gasteiger partial charge is 0.321 e. The van der Waals surface area contributed by atoms with Crippen LogP contribution in [0.4, 0.5) is 4.79 Å². The van der Waals surface area contributed by atoms with E-state index in [4.69, 9.17) is 5.73 Å². The first-order valence-electron chi connectivity index (χ1n) is 4.33. The Hall–Kier alpha value is -1.10. The summed E-state index contributed by atoms with van der Waals surface area (Å²) in [7, 11) is 0. The van der Waals surface area contributed by atoms with E-state index in [-0.39, 0.29) is 5.92 Å². The number of hydrogen-bond acceptors (Lipinski definition) is 3. The molecule has 0 bridgehead atoms. The molecule has 0 aliphatic rings. The van der Waals surface area contributed by atoms with E-state index in [1.54, 1.807) is 6.92 Å². The lowest BCUT2D eigenvalue weighted by Gasteiger charge is -2.14. The highest BCUT2D eigenvalue weighted by Crippen LogP contribution is 1.97. The van der Waals surface area contributed by atoms with Gasteiger partial charge in [0.1, 0.15) is 0 Å². The lowest BCUT2D eigenvalue weighted by Crippen LogP contribution is -2.49. The SMILES string of the molecule is CCNC(=O)NC(=O)C(N)C(C)C. The van der Waals surface area contributed by atoms with Gasteiger partial charge in [0, 0.05) is 6.54 Å². The van der Waals surface area contributed by atoms with Gasteiger partial charge in [-0.1, -0.05) is 13.8 Å². The van der Waals surface area contributed by atoms with Gasteiger partial charge < -0.3 is 11.1 Å². The average molecular weight is 187 g/mol. The van der Waals surface area contributed by atoms with E-state index in [1.165, 1.54) is 0 Å². The molecule has 13 heavy (non-hydrogen) atoms. The minimum Gasteiger partial charge on any atom is -0.338 e. The van der Waals surface area contributed by atoms with E-state index in [9.17, 15) is 9.59 Å². The van der Waals surface area contributed by atoms with E-state index in [0.29, 0.717) is 6.54 Å². The van der Waals surface area contributed by atoms with Gasteiger partial charge >= 0.3 is 6.03 Å². The molecule has 0 spiro atoms. The first kappa shape index (κ1) is 11.9. The third-order valence-electron chi connectivity index (χ3n) is 1.60. The van der Waals surface area contributed by atoms with Gasteiger partial charge in [0.25, 0.3) is 0 Å². The third-order valence-corrected chi connectivity index (χ3v) is 1.60. The van der Waals surface area contributed by atoms with Crippen molar-refractivity contribution in [2.75, 3.05) is 6.54 Å². The monoisotopic (exact) mass is 187 g/mol. The summed E-state index contributed by atoms with van der Waals surface area (Å²) in [5, 5.41) is 4.59. The second-order valence-corrected chi connectivity index (χ2v) is 3.12. The molecular formula is C8H17N3O2. The van der Waals surface area contributed by atoms with Crippen molar-refractivity contribution in [1.29, 1.82) is 0 Å². The van der Waals surface area contributed by atoms with Crippen LogP contribution >= 0.6 is 0 Å². The van der Waals surface area contributed by atoms with Gasteiger partial charge in [-0.15, -0.1) is 0 Å². The fourth-order valence-electron chi connectivity index (χ4n) is 0.703. The maximum Gasteiger partial charge on any atom is 0.321 e. The van der Waals surface area contributed by atoms with Crippen LogP contribution in [0.1, 0.15) is 20.8 Å². The van der Waals surface area contributed by atoms with Crippen LogP contribution in [-0.4, -0.2) is 24.5 Å². The first-order valence-corrected chi connectivity index (χ1v) is 4.33. The van der Waals surface area contributed by atoms with E-state index >= 15 is 0 Å². The van der Waals surface area contributed by atoms with Crippen molar-refractivity contribution in [2.45, 2.75) is 26.8 Å². The van der Waals surface area contributed by atoms with Crippen LogP contribution in [0.3, 0.4) is 0 Å². The number of carbonyl (C=O) groups is 2. The van der Waals surface area contributed by atoms with Crippen molar-refractivity contribution < 1.29 is 9.59 Å². The Morgan fingerprint density at radius 1 is 1.38 bits per heavy atom. The molecule has 5 heteroatoms. The summed E-state index contributed by atoms with van der Waals surface area (Å²) in [5.41, 5.74) is 5.51. The second-order valence-electron chi connectivity index (χ2n) is 3.12. The van der Waals surface area contributed by atoms with E-state index in [2.05, 4.69) is 10.6 Å². The van der Waals surface area contributed by atoms with Crippen molar-refractivity contribution in [3.05, 3.63) is 0 Å². The fraction of sp³-hybridized carbons (Fsp3) is 0.750. The summed E-state index contributed by atoms with van der Waals surface area (Å²) in [6.07, 6.45) is 0. The number of rotatable bonds is 3. The quantitative estimate of drug-likeness (QED) is 0.573. The van der Waals surface area contributed by atoms with Gasteiger partial charge in [0.2, 0.25) is 5.91 Å². The molecule has 1 atom stereocenters. The highest BCUT2D eigenvalue weighted by Gasteiger charge is 2.18. The Labute approximate surface area is 78.1 Å². The van der Waals surface area contributed by atoms with Crippen molar-refractivity contribution in [1.82, 2.24) is 10.6 Å². The Kier molecular flexibility index (Phi) is 5.06. The number of amides is 3. The maximum absolute atomic E-state index is 11.2. The standard InChI is InChI=1S/C8H17N3O2/c1-4-10-8(13)11-7(12)6(9)5(2)3/h5-6H,4,9H2,1-3H3,(H2,10,11,12,13). The Morgan fingerprint density at radius 2 is 1.92 bits per heavy atom. The Balaban J connectivity index is 3.93. The van der Waals surface area contributed by atoms with Gasteiger partial charge in [0.05, 0.1) is 6.04 Å². The lowest BCUT2D eigenvalue weighted by atomic mass is 10.1. The molecule has 5 nitrogen and oxygen atoms in total. The van der Waals surface area contributed by atoms with E-state index < -0.39 is 18.0 Å². The number of nitrogens with one attached hydrogen (secondary N) is 2. The van der Waals surface area contributed by atoms with Crippen LogP contribution in [0.25, 0.3) is 0 Å². The molecule has 0 aromatic heterocycles. The molecule has 76 valence electrons. The lowest BCUT2D eigenvalue weighted by molar-refractivity contribution is -0.122. The zero-order valence-corrected chi connectivity index (χ0v) is 8.26. The molecule has 0 fully saturated rings. The molecule has 1 unspecified atom stereocenters. The van der Waals surface area contributed by atoms with Gasteiger partial charge in [-0.2, -0.15) is 0 Å². The van der Waals surface area contributed by atoms with Crippen LogP contribution in [0, 0.1) is 5.92 Å². The van der Waals surface area contributed by atoms with Crippen LogP contribution in [0.5, 0.6) is 0 Å². The van der Waals surface area contributed by atoms with Crippen LogP contribution in [0.2, 0.25) is 0 Å². The average Bonchev–Trinajstić information content (AvgIpc) is 2.03. The number of carbonyl (C=O) groups excluding carboxylic acids is 2. The molecule has 0 aliphatic heterocycles. The third kappa shape index (κ3) is 4.47. The molecule has 0 aromatic carbocycles. The fourth-order valence-corrected chi connectivity index (χ4v) is 0.703. The minimum atomic E-state index is -0.636. The number of imide groups is 1. The van der Waals surface area contributed by atoms with E-state index in [0.717, 1.165) is 0 Å². The van der Waals surface area contributed by atoms with Crippen LogP contribution in [-0.2, 0) is 4.79 Å². The Bertz CT molecular complexity index is 192. The molecule has 0 saturated heterocycles. The minimum absolute atomic E-state index is 0.0226. The van der Waals surface area contributed by atoms with Gasteiger partial charge in [-0.3, -0.25) is 10.1 Å². The van der Waals surface area contributed by atoms with Crippen molar-refractivity contribution in [3.63, 3.8) is 0 Å². The molecule has 4 N–H and O–H groups in total. The molecular weight excluding hydrogens is 170 g/mol. The maximum atomic E-state index is 11.2. The number of nitrogens with two attached hydrogens (primary N) is 1. The van der Waals surface area contributed by atoms with Gasteiger partial charge in [0.15, 0.2) is 0 Å². The Morgan fingerprint density at radius 3 is 2.31 bits per heavy atom. The summed E-state index contributed by atoms with van der Waals surface area (Å²) in [4.78, 5) is 22.1. The molecule has 0 heterocycles. The molecule has 0 aliphatic carbocycles. The van der Waals surface area contributed by atoms with Crippen molar-refractivity contribution in [2.24, 2.45) is 11.7 Å². The molecule has 3 amide bonds. The van der Waals surface area contributed by atoms with E-state index in [1.807, 2.05) is 13.8 Å². The first-order chi connectivity index (χ1) is 5.99. The molecule has 0 aromatic rings. The summed E-state index contributed by atoms with van der Waals surface area (Å²) < 4.78 is 0. The highest BCUT2D eigenvalue weighted by molar-refractivity contribution is 5.96. The normalized spacial score (nSPS) is 12.4. The molecule has 0 rings (SSSR count). The molecule has 0 saturated carbocycles. The number of hydrogen-bond donors (Lipinski definition) is 3. The van der Waals surface area contributed by atoms with Gasteiger partial charge in [-0.05, 0) is 12.8 Å². The predicted molar refractivity (Wildman–Crippen MR) is 50.0 cm³/mol. The highest BCUT2D eigenvalue weighted by atomic mass is 16.2. The predicted octanol–water partition coefficient (Wildman–Crippen LogP) is -0.185. The summed E-state index contributed by atoms with van der Waals surface area (Å²) in [6, 6.07) is -1.13. The zero-order chi connectivity index (χ0) is 10.4. The van der Waals surface area contributed by atoms with Crippen molar-refractivity contribution in [3.8, 4) is 0 Å². The summed E-state index contributed by atoms with van der Waals surface area (Å²) in [5.74, 6) is -0.421. The van der Waals surface area contributed by atoms with Crippen LogP contribution in [0.15, 0.2) is 0 Å². The van der Waals surface area contributed by atoms with Gasteiger partial charge in [-0.25, -0.2) is 4.79 Å². The summed E-state index contributed by atoms with van der Waals surface area (Å²) in [6.45, 7) is 5.90. The largest absolute Gasteiger partial charge is 0.338 e. The van der Waals surface area contributed by atoms with Crippen molar-refractivity contribution >= 4 is 11.9 Å². The topological polar surface area (TPSA) is 84.2 Å². The number of urea groups is 1. The second kappa shape index (κ2) is 5.53. The van der Waals surface area contributed by atoms with Crippen LogP contribution < -0.4 is 16.4 Å². The summed E-state index contributed by atoms with van der Waals surface area (Å²) >= 11 is 0. The zero-order valence-electron chi connectivity index (χ0n) is 8.26.